The van der Waals surface area contributed by atoms with Crippen molar-refractivity contribution in [3.8, 4) is 0 Å². The molecule has 3 rings (SSSR count). The van der Waals surface area contributed by atoms with E-state index in [1.54, 1.807) is 0 Å². The molecule has 110 valence electrons. The summed E-state index contributed by atoms with van der Waals surface area (Å²) in [5.74, 6) is 2.70. The molecule has 0 bridgehead atoms. The van der Waals surface area contributed by atoms with Gasteiger partial charge in [0.25, 0.3) is 0 Å². The SMILES string of the molecule is NC(C1CCOC2(CCOCC2)C1)C1CSCCO1. The molecule has 19 heavy (non-hydrogen) atoms. The Labute approximate surface area is 119 Å². The number of hydrogen-bond acceptors (Lipinski definition) is 5. The van der Waals surface area contributed by atoms with Crippen molar-refractivity contribution in [3.05, 3.63) is 0 Å². The second kappa shape index (κ2) is 6.31. The standard InChI is InChI=1S/C14H25NO3S/c15-13(12-10-19-8-7-17-12)11-1-4-18-14(9-11)2-5-16-6-3-14/h11-13H,1-10,15H2. The van der Waals surface area contributed by atoms with E-state index in [9.17, 15) is 0 Å². The van der Waals surface area contributed by atoms with Crippen LogP contribution >= 0.6 is 11.8 Å². The van der Waals surface area contributed by atoms with Gasteiger partial charge in [-0.1, -0.05) is 0 Å². The minimum Gasteiger partial charge on any atom is -0.381 e. The van der Waals surface area contributed by atoms with Crippen LogP contribution < -0.4 is 5.73 Å². The van der Waals surface area contributed by atoms with Crippen LogP contribution in [0.15, 0.2) is 0 Å². The number of nitrogens with two attached hydrogens (primary N) is 1. The van der Waals surface area contributed by atoms with Gasteiger partial charge >= 0.3 is 0 Å². The normalized spacial score (nSPS) is 37.1. The molecule has 0 aliphatic carbocycles. The Kier molecular flexibility index (Phi) is 4.70. The van der Waals surface area contributed by atoms with Gasteiger partial charge in [0.15, 0.2) is 0 Å². The first-order valence-corrected chi connectivity index (χ1v) is 8.61. The van der Waals surface area contributed by atoms with Gasteiger partial charge in [0.05, 0.1) is 18.3 Å². The molecule has 4 nitrogen and oxygen atoms in total. The molecule has 0 amide bonds. The van der Waals surface area contributed by atoms with Gasteiger partial charge in [-0.05, 0) is 31.6 Å². The zero-order valence-corrected chi connectivity index (χ0v) is 12.3. The summed E-state index contributed by atoms with van der Waals surface area (Å²) in [6.45, 7) is 3.36. The van der Waals surface area contributed by atoms with Crippen molar-refractivity contribution < 1.29 is 14.2 Å². The number of rotatable bonds is 2. The van der Waals surface area contributed by atoms with E-state index in [4.69, 9.17) is 19.9 Å². The third-order valence-corrected chi connectivity index (χ3v) is 5.77. The van der Waals surface area contributed by atoms with E-state index in [0.29, 0.717) is 5.92 Å². The van der Waals surface area contributed by atoms with E-state index >= 15 is 0 Å². The fraction of sp³-hybridized carbons (Fsp3) is 1.00. The van der Waals surface area contributed by atoms with Gasteiger partial charge in [-0.15, -0.1) is 0 Å². The highest BCUT2D eigenvalue weighted by molar-refractivity contribution is 7.99. The molecular formula is C14H25NO3S. The molecule has 3 heterocycles. The van der Waals surface area contributed by atoms with Gasteiger partial charge in [-0.2, -0.15) is 11.8 Å². The lowest BCUT2D eigenvalue weighted by Crippen LogP contribution is -2.53. The summed E-state index contributed by atoms with van der Waals surface area (Å²) in [4.78, 5) is 0. The molecule has 3 aliphatic heterocycles. The molecule has 0 aromatic rings. The number of thioether (sulfide) groups is 1. The highest BCUT2D eigenvalue weighted by Crippen LogP contribution is 2.39. The molecule has 1 spiro atoms. The predicted molar refractivity (Wildman–Crippen MR) is 76.5 cm³/mol. The molecular weight excluding hydrogens is 262 g/mol. The van der Waals surface area contributed by atoms with Crippen LogP contribution in [0.4, 0.5) is 0 Å². The first-order valence-electron chi connectivity index (χ1n) is 7.46. The van der Waals surface area contributed by atoms with Crippen molar-refractivity contribution in [2.24, 2.45) is 11.7 Å². The van der Waals surface area contributed by atoms with Crippen LogP contribution in [0.2, 0.25) is 0 Å². The largest absolute Gasteiger partial charge is 0.381 e. The van der Waals surface area contributed by atoms with Crippen LogP contribution in [0.5, 0.6) is 0 Å². The van der Waals surface area contributed by atoms with Gasteiger partial charge in [0.1, 0.15) is 0 Å². The molecule has 3 aliphatic rings. The van der Waals surface area contributed by atoms with Gasteiger partial charge < -0.3 is 19.9 Å². The monoisotopic (exact) mass is 287 g/mol. The van der Waals surface area contributed by atoms with E-state index in [1.807, 2.05) is 11.8 Å². The highest BCUT2D eigenvalue weighted by atomic mass is 32.2. The van der Waals surface area contributed by atoms with E-state index in [-0.39, 0.29) is 17.7 Å². The molecule has 0 radical (unpaired) electrons. The molecule has 0 saturated carbocycles. The summed E-state index contributed by atoms with van der Waals surface area (Å²) >= 11 is 1.97. The van der Waals surface area contributed by atoms with Crippen LogP contribution in [0.3, 0.4) is 0 Å². The summed E-state index contributed by atoms with van der Waals surface area (Å²) in [5, 5.41) is 0. The lowest BCUT2D eigenvalue weighted by atomic mass is 9.77. The number of hydrogen-bond donors (Lipinski definition) is 1. The van der Waals surface area contributed by atoms with Crippen LogP contribution in [-0.2, 0) is 14.2 Å². The summed E-state index contributed by atoms with van der Waals surface area (Å²) in [7, 11) is 0. The quantitative estimate of drug-likeness (QED) is 0.832. The maximum absolute atomic E-state index is 6.49. The van der Waals surface area contributed by atoms with Gasteiger partial charge in [-0.3, -0.25) is 0 Å². The Morgan fingerprint density at radius 3 is 2.74 bits per heavy atom. The van der Waals surface area contributed by atoms with E-state index < -0.39 is 0 Å². The predicted octanol–water partition coefficient (Wildman–Crippen LogP) is 1.42. The van der Waals surface area contributed by atoms with Gasteiger partial charge in [0.2, 0.25) is 0 Å². The topological polar surface area (TPSA) is 53.7 Å². The van der Waals surface area contributed by atoms with Gasteiger partial charge in [-0.25, -0.2) is 0 Å². The summed E-state index contributed by atoms with van der Waals surface area (Å²) in [5.41, 5.74) is 6.53. The Bertz CT molecular complexity index is 285. The molecule has 5 heteroatoms. The number of ether oxygens (including phenoxy) is 3. The molecule has 0 aromatic heterocycles. The van der Waals surface area contributed by atoms with Crippen molar-refractivity contribution >= 4 is 11.8 Å². The maximum Gasteiger partial charge on any atom is 0.0819 e. The fourth-order valence-electron chi connectivity index (χ4n) is 3.52. The van der Waals surface area contributed by atoms with Crippen LogP contribution in [0.25, 0.3) is 0 Å². The second-order valence-electron chi connectivity index (χ2n) is 5.96. The molecule has 3 fully saturated rings. The zero-order chi connectivity index (χ0) is 13.1. The second-order valence-corrected chi connectivity index (χ2v) is 7.11. The minimum absolute atomic E-state index is 0.0423. The summed E-state index contributed by atoms with van der Waals surface area (Å²) < 4.78 is 17.4. The molecule has 2 N–H and O–H groups in total. The molecule has 3 saturated heterocycles. The van der Waals surface area contributed by atoms with Crippen LogP contribution in [0.1, 0.15) is 25.7 Å². The maximum atomic E-state index is 6.49. The fourth-order valence-corrected chi connectivity index (χ4v) is 4.45. The van der Waals surface area contributed by atoms with Crippen molar-refractivity contribution in [2.45, 2.75) is 43.4 Å². The third-order valence-electron chi connectivity index (χ3n) is 4.75. The Hall–Kier alpha value is 0.190. The van der Waals surface area contributed by atoms with Crippen molar-refractivity contribution in [1.82, 2.24) is 0 Å². The first kappa shape index (κ1) is 14.1. The Morgan fingerprint density at radius 2 is 2.00 bits per heavy atom. The lowest BCUT2D eigenvalue weighted by molar-refractivity contribution is -0.152. The lowest BCUT2D eigenvalue weighted by Gasteiger charge is -2.46. The highest BCUT2D eigenvalue weighted by Gasteiger charge is 2.42. The van der Waals surface area contributed by atoms with Gasteiger partial charge in [0, 0.05) is 37.4 Å². The smallest absolute Gasteiger partial charge is 0.0819 e. The Morgan fingerprint density at radius 1 is 1.16 bits per heavy atom. The van der Waals surface area contributed by atoms with Crippen molar-refractivity contribution in [1.29, 1.82) is 0 Å². The first-order chi connectivity index (χ1) is 9.29. The van der Waals surface area contributed by atoms with E-state index in [2.05, 4.69) is 0 Å². The average molecular weight is 287 g/mol. The van der Waals surface area contributed by atoms with Crippen molar-refractivity contribution in [2.75, 3.05) is 37.9 Å². The Balaban J connectivity index is 1.60. The molecule has 0 aromatic carbocycles. The van der Waals surface area contributed by atoms with E-state index in [1.165, 1.54) is 0 Å². The van der Waals surface area contributed by atoms with Crippen LogP contribution in [-0.4, -0.2) is 55.7 Å². The average Bonchev–Trinajstić information content (AvgIpc) is 2.48. The molecule has 3 unspecified atom stereocenters. The molecule has 3 atom stereocenters. The van der Waals surface area contributed by atoms with E-state index in [0.717, 1.165) is 63.6 Å². The summed E-state index contributed by atoms with van der Waals surface area (Å²) in [6, 6.07) is 0.163. The third kappa shape index (κ3) is 3.27. The minimum atomic E-state index is 0.0423. The summed E-state index contributed by atoms with van der Waals surface area (Å²) in [6.07, 6.45) is 4.45. The zero-order valence-electron chi connectivity index (χ0n) is 11.5. The van der Waals surface area contributed by atoms with Crippen molar-refractivity contribution in [3.63, 3.8) is 0 Å². The van der Waals surface area contributed by atoms with Crippen LogP contribution in [0, 0.1) is 5.92 Å².